The van der Waals surface area contributed by atoms with E-state index in [4.69, 9.17) is 18.7 Å². The van der Waals surface area contributed by atoms with Gasteiger partial charge in [0.1, 0.15) is 42.7 Å². The van der Waals surface area contributed by atoms with Crippen LogP contribution in [0.2, 0.25) is 0 Å². The number of aromatic nitrogens is 2. The van der Waals surface area contributed by atoms with E-state index >= 15 is 0 Å². The Labute approximate surface area is 173 Å². The SMILES string of the molecule is CO[C@H]1[C@@H](OP(=O)(O)O)[C@](C2O[C@H](CO)[C@H](O)[C@H]2O)(n2ccc(=O)[nH]c2=O)O[C@@H]1CO. The fraction of sp³-hybridized carbons (Fsp3) is 0.733. The van der Waals surface area contributed by atoms with Gasteiger partial charge in [-0.05, 0) is 0 Å². The second kappa shape index (κ2) is 8.80. The van der Waals surface area contributed by atoms with Gasteiger partial charge in [0.25, 0.3) is 5.56 Å². The lowest BCUT2D eigenvalue weighted by atomic mass is 9.92. The second-order valence-corrected chi connectivity index (χ2v) is 8.24. The number of aliphatic hydroxyl groups is 4. The van der Waals surface area contributed by atoms with Crippen molar-refractivity contribution in [2.75, 3.05) is 20.3 Å². The van der Waals surface area contributed by atoms with Crippen molar-refractivity contribution in [2.45, 2.75) is 48.5 Å². The van der Waals surface area contributed by atoms with Crippen LogP contribution in [0.5, 0.6) is 0 Å². The molecule has 0 amide bonds. The third-order valence-electron chi connectivity index (χ3n) is 5.27. The number of nitrogens with zero attached hydrogens (tertiary/aromatic N) is 1. The summed E-state index contributed by atoms with van der Waals surface area (Å²) in [5.41, 5.74) is -4.41. The van der Waals surface area contributed by atoms with Gasteiger partial charge in [-0.1, -0.05) is 0 Å². The number of nitrogens with one attached hydrogen (secondary N) is 1. The average Bonchev–Trinajstić information content (AvgIpc) is 3.15. The van der Waals surface area contributed by atoms with Crippen molar-refractivity contribution in [3.63, 3.8) is 0 Å². The molecule has 31 heavy (non-hydrogen) atoms. The Morgan fingerprint density at radius 3 is 2.32 bits per heavy atom. The maximum Gasteiger partial charge on any atom is 0.470 e. The first kappa shape index (κ1) is 24.2. The zero-order valence-corrected chi connectivity index (χ0v) is 16.9. The Kier molecular flexibility index (Phi) is 6.86. The minimum absolute atomic E-state index is 0.650. The maximum absolute atomic E-state index is 12.7. The van der Waals surface area contributed by atoms with E-state index in [9.17, 15) is 44.4 Å². The zero-order valence-electron chi connectivity index (χ0n) is 16.0. The third kappa shape index (κ3) is 4.15. The molecule has 3 heterocycles. The summed E-state index contributed by atoms with van der Waals surface area (Å²) < 4.78 is 33.7. The lowest BCUT2D eigenvalue weighted by molar-refractivity contribution is -0.232. The van der Waals surface area contributed by atoms with Crippen molar-refractivity contribution < 1.29 is 53.5 Å². The van der Waals surface area contributed by atoms with Gasteiger partial charge in [-0.2, -0.15) is 0 Å². The van der Waals surface area contributed by atoms with Crippen LogP contribution in [0.3, 0.4) is 0 Å². The molecule has 1 unspecified atom stereocenters. The molecule has 3 rings (SSSR count). The molecule has 2 aliphatic rings. The predicted octanol–water partition coefficient (Wildman–Crippen LogP) is -4.45. The molecule has 15 nitrogen and oxygen atoms in total. The van der Waals surface area contributed by atoms with Crippen molar-refractivity contribution in [2.24, 2.45) is 0 Å². The summed E-state index contributed by atoms with van der Waals surface area (Å²) >= 11 is 0. The van der Waals surface area contributed by atoms with E-state index in [1.807, 2.05) is 4.98 Å². The van der Waals surface area contributed by atoms with Crippen molar-refractivity contribution in [1.29, 1.82) is 0 Å². The van der Waals surface area contributed by atoms with Crippen LogP contribution in [-0.2, 0) is 29.0 Å². The lowest BCUT2D eigenvalue weighted by Gasteiger charge is -2.41. The van der Waals surface area contributed by atoms with Crippen LogP contribution in [-0.4, -0.2) is 103 Å². The molecule has 0 aromatic carbocycles. The molecule has 1 aromatic heterocycles. The summed E-state index contributed by atoms with van der Waals surface area (Å²) in [5, 5.41) is 40.0. The maximum atomic E-state index is 12.7. The zero-order chi connectivity index (χ0) is 23.1. The highest BCUT2D eigenvalue weighted by atomic mass is 31.2. The van der Waals surface area contributed by atoms with Gasteiger partial charge in [0, 0.05) is 19.4 Å². The standard InChI is InChI=1S/C15H23N2O13P/c1-27-11-7(5-19)29-15(13(11)30-31(24,25)26,17-3-2-8(20)16-14(17)23)12-10(22)9(21)6(4-18)28-12/h2-3,6-7,9-13,18-19,21-22H,4-5H2,1H3,(H,16,20,23)(H2,24,25,26)/t6-,7-,9+,10-,11-,12?,13-,15-/m1/s1. The number of hydrogen-bond donors (Lipinski definition) is 7. The van der Waals surface area contributed by atoms with Gasteiger partial charge in [0.05, 0.1) is 13.2 Å². The molecule has 0 radical (unpaired) electrons. The fourth-order valence-electron chi connectivity index (χ4n) is 4.00. The number of rotatable bonds is 7. The third-order valence-corrected chi connectivity index (χ3v) is 5.77. The number of methoxy groups -OCH3 is 1. The minimum Gasteiger partial charge on any atom is -0.394 e. The van der Waals surface area contributed by atoms with Crippen LogP contribution in [0.1, 0.15) is 0 Å². The summed E-state index contributed by atoms with van der Waals surface area (Å²) in [6, 6.07) is 0.885. The van der Waals surface area contributed by atoms with Gasteiger partial charge in [-0.15, -0.1) is 0 Å². The predicted molar refractivity (Wildman–Crippen MR) is 96.7 cm³/mol. The highest BCUT2D eigenvalue weighted by Crippen LogP contribution is 2.51. The van der Waals surface area contributed by atoms with Gasteiger partial charge in [-0.3, -0.25) is 18.9 Å². The van der Waals surface area contributed by atoms with Crippen molar-refractivity contribution >= 4 is 7.82 Å². The fourth-order valence-corrected chi connectivity index (χ4v) is 4.57. The van der Waals surface area contributed by atoms with E-state index in [1.54, 1.807) is 0 Å². The lowest BCUT2D eigenvalue weighted by Crippen LogP contribution is -2.62. The van der Waals surface area contributed by atoms with Crippen LogP contribution >= 0.6 is 7.82 Å². The molecule has 0 aliphatic carbocycles. The Balaban J connectivity index is 2.29. The van der Waals surface area contributed by atoms with Crippen molar-refractivity contribution in [3.05, 3.63) is 33.1 Å². The van der Waals surface area contributed by atoms with E-state index < -0.39 is 80.7 Å². The summed E-state index contributed by atoms with van der Waals surface area (Å²) in [7, 11) is -4.18. The quantitative estimate of drug-likeness (QED) is 0.187. The Hall–Kier alpha value is -1.49. The summed E-state index contributed by atoms with van der Waals surface area (Å²) in [4.78, 5) is 45.1. The van der Waals surface area contributed by atoms with Gasteiger partial charge in [-0.25, -0.2) is 9.36 Å². The molecule has 1 aromatic rings. The van der Waals surface area contributed by atoms with Crippen LogP contribution in [0, 0.1) is 0 Å². The van der Waals surface area contributed by atoms with Gasteiger partial charge < -0.3 is 44.4 Å². The minimum atomic E-state index is -5.30. The summed E-state index contributed by atoms with van der Waals surface area (Å²) in [6.45, 7) is -1.53. The number of phosphoric acid groups is 1. The molecule has 2 aliphatic heterocycles. The van der Waals surface area contributed by atoms with Crippen LogP contribution in [0.25, 0.3) is 0 Å². The Morgan fingerprint density at radius 1 is 1.19 bits per heavy atom. The highest BCUT2D eigenvalue weighted by Gasteiger charge is 2.68. The van der Waals surface area contributed by atoms with Crippen molar-refractivity contribution in [3.8, 4) is 0 Å². The average molecular weight is 470 g/mol. The van der Waals surface area contributed by atoms with Crippen LogP contribution in [0.15, 0.2) is 21.9 Å². The topological polar surface area (TPSA) is 230 Å². The van der Waals surface area contributed by atoms with E-state index in [0.29, 0.717) is 4.57 Å². The number of aromatic amines is 1. The molecule has 0 saturated carbocycles. The first-order valence-corrected chi connectivity index (χ1v) is 10.5. The van der Waals surface area contributed by atoms with E-state index in [-0.39, 0.29) is 0 Å². The van der Waals surface area contributed by atoms with Gasteiger partial charge in [0.2, 0.25) is 5.72 Å². The number of ether oxygens (including phenoxy) is 3. The molecule has 0 spiro atoms. The van der Waals surface area contributed by atoms with E-state index in [1.165, 1.54) is 0 Å². The monoisotopic (exact) mass is 470 g/mol. The van der Waals surface area contributed by atoms with Crippen molar-refractivity contribution in [1.82, 2.24) is 9.55 Å². The van der Waals surface area contributed by atoms with Crippen LogP contribution in [0.4, 0.5) is 0 Å². The normalized spacial score (nSPS) is 38.6. The number of hydrogen-bond acceptors (Lipinski definition) is 11. The molecule has 16 heteroatoms. The Morgan fingerprint density at radius 2 is 1.84 bits per heavy atom. The largest absolute Gasteiger partial charge is 0.470 e. The molecule has 2 fully saturated rings. The second-order valence-electron chi connectivity index (χ2n) is 7.05. The van der Waals surface area contributed by atoms with Crippen LogP contribution < -0.4 is 11.2 Å². The molecule has 8 atom stereocenters. The van der Waals surface area contributed by atoms with Gasteiger partial charge in [0.15, 0.2) is 0 Å². The molecule has 176 valence electrons. The van der Waals surface area contributed by atoms with Gasteiger partial charge >= 0.3 is 13.5 Å². The van der Waals surface area contributed by atoms with E-state index in [0.717, 1.165) is 19.4 Å². The molecule has 0 bridgehead atoms. The number of H-pyrrole nitrogens is 1. The molecule has 7 N–H and O–H groups in total. The molecule has 2 saturated heterocycles. The smallest absolute Gasteiger partial charge is 0.394 e. The van der Waals surface area contributed by atoms with E-state index in [2.05, 4.69) is 0 Å². The summed E-state index contributed by atoms with van der Waals surface area (Å²) in [6.07, 6.45) is -10.4. The Bertz CT molecular complexity index is 945. The number of phosphoric ester groups is 1. The first-order chi connectivity index (χ1) is 14.5. The molecular weight excluding hydrogens is 447 g/mol. The molecular formula is C15H23N2O13P. The summed E-state index contributed by atoms with van der Waals surface area (Å²) in [5.74, 6) is 0. The first-order valence-electron chi connectivity index (χ1n) is 9.00. The highest BCUT2D eigenvalue weighted by molar-refractivity contribution is 7.46. The number of aliphatic hydroxyl groups excluding tert-OH is 4.